The molecule has 8 heteroatoms. The zero-order valence-corrected chi connectivity index (χ0v) is 16.2. The van der Waals surface area contributed by atoms with Crippen molar-refractivity contribution < 1.29 is 13.2 Å². The van der Waals surface area contributed by atoms with E-state index in [9.17, 15) is 13.2 Å². The second-order valence-corrected chi connectivity index (χ2v) is 10.0. The maximum atomic E-state index is 12.5. The molecular formula is C18H21N3O3S2. The van der Waals surface area contributed by atoms with Crippen LogP contribution in [0.3, 0.4) is 0 Å². The smallest absolute Gasteiger partial charge is 0.240 e. The minimum Gasteiger partial charge on any atom is -0.302 e. The van der Waals surface area contributed by atoms with Crippen LogP contribution in [0.15, 0.2) is 35.2 Å². The highest BCUT2D eigenvalue weighted by molar-refractivity contribution is 7.89. The van der Waals surface area contributed by atoms with Crippen molar-refractivity contribution in [2.24, 2.45) is 17.8 Å². The van der Waals surface area contributed by atoms with E-state index in [1.165, 1.54) is 11.3 Å². The summed E-state index contributed by atoms with van der Waals surface area (Å²) in [6.45, 7) is 3.56. The van der Waals surface area contributed by atoms with E-state index in [1.54, 1.807) is 32.0 Å². The van der Waals surface area contributed by atoms with Crippen molar-refractivity contribution in [3.05, 3.63) is 30.4 Å². The molecule has 26 heavy (non-hydrogen) atoms. The largest absolute Gasteiger partial charge is 0.302 e. The molecule has 1 aromatic heterocycles. The van der Waals surface area contributed by atoms with E-state index >= 15 is 0 Å². The Morgan fingerprint density at radius 3 is 2.73 bits per heavy atom. The van der Waals surface area contributed by atoms with E-state index in [4.69, 9.17) is 0 Å². The van der Waals surface area contributed by atoms with Crippen LogP contribution in [-0.2, 0) is 14.8 Å². The molecule has 2 aromatic rings. The summed E-state index contributed by atoms with van der Waals surface area (Å²) in [4.78, 5) is 17.2. The van der Waals surface area contributed by atoms with Gasteiger partial charge in [0.05, 0.1) is 15.1 Å². The Bertz CT molecular complexity index is 994. The molecule has 0 unspecified atom stereocenters. The minimum atomic E-state index is -3.55. The van der Waals surface area contributed by atoms with Gasteiger partial charge in [-0.15, -0.1) is 0 Å². The standard InChI is InChI=1S/C18H21N3O3S2/c1-10(2)21-26(23,24)13-5-6-15-16(9-13)25-18(19-15)20-17(22)14-8-11-3-4-12(14)7-11/h3-6,9-12,14,21H,7-8H2,1-2H3,(H,19,20,22)/t11-,12+,14-/m1/s1. The van der Waals surface area contributed by atoms with Crippen molar-refractivity contribution in [1.82, 2.24) is 9.71 Å². The van der Waals surface area contributed by atoms with E-state index in [-0.39, 0.29) is 22.8 Å². The van der Waals surface area contributed by atoms with Gasteiger partial charge in [-0.25, -0.2) is 18.1 Å². The van der Waals surface area contributed by atoms with Gasteiger partial charge >= 0.3 is 0 Å². The molecule has 0 aliphatic heterocycles. The van der Waals surface area contributed by atoms with Crippen LogP contribution in [0.25, 0.3) is 10.2 Å². The monoisotopic (exact) mass is 391 g/mol. The third-order valence-electron chi connectivity index (χ3n) is 4.91. The number of amides is 1. The topological polar surface area (TPSA) is 88.2 Å². The van der Waals surface area contributed by atoms with Crippen molar-refractivity contribution in [3.8, 4) is 0 Å². The van der Waals surface area contributed by atoms with Crippen LogP contribution in [0, 0.1) is 17.8 Å². The van der Waals surface area contributed by atoms with Gasteiger partial charge in [-0.1, -0.05) is 23.5 Å². The first-order chi connectivity index (χ1) is 12.3. The van der Waals surface area contributed by atoms with Gasteiger partial charge < -0.3 is 5.32 Å². The highest BCUT2D eigenvalue weighted by Crippen LogP contribution is 2.44. The number of benzene rings is 1. The number of fused-ring (bicyclic) bond motifs is 3. The molecule has 3 atom stereocenters. The third-order valence-corrected chi connectivity index (χ3v) is 7.50. The average molecular weight is 392 g/mol. The number of aromatic nitrogens is 1. The van der Waals surface area contributed by atoms with Crippen LogP contribution < -0.4 is 10.0 Å². The second kappa shape index (κ2) is 6.44. The van der Waals surface area contributed by atoms with Gasteiger partial charge in [0.1, 0.15) is 0 Å². The second-order valence-electron chi connectivity index (χ2n) is 7.30. The molecule has 2 bridgehead atoms. The minimum absolute atomic E-state index is 0.00947. The Morgan fingerprint density at radius 2 is 2.08 bits per heavy atom. The van der Waals surface area contributed by atoms with Crippen LogP contribution in [0.5, 0.6) is 0 Å². The molecule has 2 aliphatic rings. The zero-order chi connectivity index (χ0) is 18.5. The molecule has 1 saturated carbocycles. The molecule has 4 rings (SSSR count). The SMILES string of the molecule is CC(C)NS(=O)(=O)c1ccc2nc(NC(=O)[C@@H]3C[C@@H]4C=C[C@H]3C4)sc2c1. The summed E-state index contributed by atoms with van der Waals surface area (Å²) in [5, 5.41) is 3.43. The lowest BCUT2D eigenvalue weighted by Crippen LogP contribution is -2.30. The number of anilines is 1. The number of rotatable bonds is 5. The molecule has 1 fully saturated rings. The van der Waals surface area contributed by atoms with Crippen molar-refractivity contribution >= 4 is 42.6 Å². The highest BCUT2D eigenvalue weighted by atomic mass is 32.2. The first kappa shape index (κ1) is 17.6. The quantitative estimate of drug-likeness (QED) is 0.767. The Kier molecular flexibility index (Phi) is 4.37. The molecule has 1 amide bonds. The van der Waals surface area contributed by atoms with Crippen molar-refractivity contribution in [2.45, 2.75) is 37.6 Å². The molecule has 138 valence electrons. The van der Waals surface area contributed by atoms with E-state index in [0.717, 1.165) is 17.5 Å². The van der Waals surface area contributed by atoms with Crippen LogP contribution in [0.4, 0.5) is 5.13 Å². The highest BCUT2D eigenvalue weighted by Gasteiger charge is 2.39. The summed E-state index contributed by atoms with van der Waals surface area (Å²) in [6.07, 6.45) is 6.33. The maximum Gasteiger partial charge on any atom is 0.240 e. The predicted molar refractivity (Wildman–Crippen MR) is 103 cm³/mol. The molecule has 0 spiro atoms. The first-order valence-corrected chi connectivity index (χ1v) is 11.0. The van der Waals surface area contributed by atoms with Crippen LogP contribution in [-0.4, -0.2) is 25.4 Å². The van der Waals surface area contributed by atoms with E-state index in [0.29, 0.717) is 22.5 Å². The van der Waals surface area contributed by atoms with Crippen LogP contribution >= 0.6 is 11.3 Å². The van der Waals surface area contributed by atoms with Crippen LogP contribution in [0.2, 0.25) is 0 Å². The molecule has 6 nitrogen and oxygen atoms in total. The number of carbonyl (C=O) groups is 1. The third kappa shape index (κ3) is 3.28. The van der Waals surface area contributed by atoms with Crippen molar-refractivity contribution in [2.75, 3.05) is 5.32 Å². The number of carbonyl (C=O) groups excluding carboxylic acids is 1. The number of thiazole rings is 1. The van der Waals surface area contributed by atoms with Crippen LogP contribution in [0.1, 0.15) is 26.7 Å². The first-order valence-electron chi connectivity index (χ1n) is 8.74. The maximum absolute atomic E-state index is 12.5. The fourth-order valence-electron chi connectivity index (χ4n) is 3.78. The van der Waals surface area contributed by atoms with E-state index in [2.05, 4.69) is 27.2 Å². The summed E-state index contributed by atoms with van der Waals surface area (Å²) in [7, 11) is -3.55. The van der Waals surface area contributed by atoms with Gasteiger partial charge in [0.15, 0.2) is 5.13 Å². The number of nitrogens with zero attached hydrogens (tertiary/aromatic N) is 1. The Morgan fingerprint density at radius 1 is 1.27 bits per heavy atom. The Hall–Kier alpha value is -1.77. The molecule has 0 saturated heterocycles. The summed E-state index contributed by atoms with van der Waals surface area (Å²) >= 11 is 1.30. The number of nitrogens with one attached hydrogen (secondary N) is 2. The normalized spacial score (nSPS) is 24.7. The molecule has 2 N–H and O–H groups in total. The number of allylic oxidation sites excluding steroid dienone is 2. The molecule has 2 aliphatic carbocycles. The van der Waals surface area contributed by atoms with Gasteiger partial charge in [0, 0.05) is 12.0 Å². The summed E-state index contributed by atoms with van der Waals surface area (Å²) in [6, 6.07) is 4.64. The molecule has 1 heterocycles. The van der Waals surface area contributed by atoms with E-state index < -0.39 is 10.0 Å². The fourth-order valence-corrected chi connectivity index (χ4v) is 6.04. The summed E-state index contributed by atoms with van der Waals surface area (Å²) in [5.74, 6) is 0.902. The Balaban J connectivity index is 1.54. The lowest BCUT2D eigenvalue weighted by Gasteiger charge is -2.16. The number of hydrogen-bond donors (Lipinski definition) is 2. The number of hydrogen-bond acceptors (Lipinski definition) is 5. The average Bonchev–Trinajstić information content (AvgIpc) is 3.27. The molecule has 1 aromatic carbocycles. The van der Waals surface area contributed by atoms with Crippen molar-refractivity contribution in [1.29, 1.82) is 0 Å². The number of sulfonamides is 1. The van der Waals surface area contributed by atoms with E-state index in [1.807, 2.05) is 0 Å². The molecular weight excluding hydrogens is 370 g/mol. The Labute approximate surface area is 156 Å². The van der Waals surface area contributed by atoms with Gasteiger partial charge in [-0.3, -0.25) is 4.79 Å². The van der Waals surface area contributed by atoms with Gasteiger partial charge in [-0.05, 0) is 56.7 Å². The fraction of sp³-hybridized carbons (Fsp3) is 0.444. The summed E-state index contributed by atoms with van der Waals surface area (Å²) in [5.41, 5.74) is 0.682. The van der Waals surface area contributed by atoms with Gasteiger partial charge in [0.2, 0.25) is 15.9 Å². The zero-order valence-electron chi connectivity index (χ0n) is 14.6. The molecule has 0 radical (unpaired) electrons. The lowest BCUT2D eigenvalue weighted by molar-refractivity contribution is -0.120. The van der Waals surface area contributed by atoms with Crippen molar-refractivity contribution in [3.63, 3.8) is 0 Å². The van der Waals surface area contributed by atoms with Gasteiger partial charge in [-0.2, -0.15) is 0 Å². The summed E-state index contributed by atoms with van der Waals surface area (Å²) < 4.78 is 27.9. The van der Waals surface area contributed by atoms with Gasteiger partial charge in [0.25, 0.3) is 0 Å². The predicted octanol–water partition coefficient (Wildman–Crippen LogP) is 3.13. The lowest BCUT2D eigenvalue weighted by atomic mass is 9.93.